The molecule has 112 valence electrons. The maximum Gasteiger partial charge on any atom is 0.333 e. The molecule has 0 aliphatic rings. The summed E-state index contributed by atoms with van der Waals surface area (Å²) in [4.78, 5) is 12.0. The summed E-state index contributed by atoms with van der Waals surface area (Å²) < 4.78 is 1.55. The second-order valence-electron chi connectivity index (χ2n) is 4.47. The number of rotatable bonds is 7. The van der Waals surface area contributed by atoms with Crippen LogP contribution >= 0.6 is 11.8 Å². The molecule has 21 heavy (non-hydrogen) atoms. The van der Waals surface area contributed by atoms with Crippen LogP contribution < -0.4 is 5.32 Å². The highest BCUT2D eigenvalue weighted by Crippen LogP contribution is 2.28. The molecule has 1 aromatic heterocycles. The van der Waals surface area contributed by atoms with E-state index in [1.165, 1.54) is 4.90 Å². The van der Waals surface area contributed by atoms with Gasteiger partial charge >= 0.3 is 5.69 Å². The van der Waals surface area contributed by atoms with Gasteiger partial charge in [0.05, 0.1) is 4.92 Å². The van der Waals surface area contributed by atoms with E-state index in [4.69, 9.17) is 0 Å². The quantitative estimate of drug-likeness (QED) is 0.368. The Balaban J connectivity index is 1.97. The average molecular weight is 306 g/mol. The molecule has 0 fully saturated rings. The van der Waals surface area contributed by atoms with E-state index in [1.54, 1.807) is 23.5 Å². The first-order valence-electron chi connectivity index (χ1n) is 6.75. The second kappa shape index (κ2) is 7.12. The fourth-order valence-electron chi connectivity index (χ4n) is 2.05. The standard InChI is InChI=1S/C14H18N4O2S/c1-3-12-13(18(19)20)14(17(2)16-12)15-9-10-21-11-7-5-4-6-8-11/h4-8,15H,3,9-10H2,1-2H3. The molecule has 1 heterocycles. The normalized spacial score (nSPS) is 10.6. The van der Waals surface area contributed by atoms with Crippen LogP contribution in [-0.2, 0) is 13.5 Å². The highest BCUT2D eigenvalue weighted by atomic mass is 32.2. The number of nitrogens with zero attached hydrogens (tertiary/aromatic N) is 3. The Bertz CT molecular complexity index is 613. The summed E-state index contributed by atoms with van der Waals surface area (Å²) >= 11 is 1.71. The van der Waals surface area contributed by atoms with Gasteiger partial charge in [0.1, 0.15) is 5.69 Å². The number of hydrogen-bond donors (Lipinski definition) is 1. The molecule has 0 spiro atoms. The van der Waals surface area contributed by atoms with E-state index < -0.39 is 0 Å². The number of nitro groups is 1. The summed E-state index contributed by atoms with van der Waals surface area (Å²) in [5.74, 6) is 1.30. The Morgan fingerprint density at radius 1 is 1.38 bits per heavy atom. The number of hydrogen-bond acceptors (Lipinski definition) is 5. The van der Waals surface area contributed by atoms with Gasteiger partial charge < -0.3 is 5.32 Å². The molecule has 0 aliphatic heterocycles. The van der Waals surface area contributed by atoms with Crippen LogP contribution in [0.5, 0.6) is 0 Å². The summed E-state index contributed by atoms with van der Waals surface area (Å²) in [5, 5.41) is 18.5. The Morgan fingerprint density at radius 3 is 2.71 bits per heavy atom. The topological polar surface area (TPSA) is 73.0 Å². The lowest BCUT2D eigenvalue weighted by Gasteiger charge is -2.06. The average Bonchev–Trinajstić information content (AvgIpc) is 2.81. The van der Waals surface area contributed by atoms with Crippen molar-refractivity contribution in [2.75, 3.05) is 17.6 Å². The molecular weight excluding hydrogens is 288 g/mol. The molecule has 0 radical (unpaired) electrons. The first-order valence-corrected chi connectivity index (χ1v) is 7.74. The lowest BCUT2D eigenvalue weighted by molar-refractivity contribution is -0.384. The van der Waals surface area contributed by atoms with Crippen LogP contribution in [0.25, 0.3) is 0 Å². The van der Waals surface area contributed by atoms with E-state index >= 15 is 0 Å². The van der Waals surface area contributed by atoms with Crippen molar-refractivity contribution in [3.8, 4) is 0 Å². The second-order valence-corrected chi connectivity index (χ2v) is 5.63. The van der Waals surface area contributed by atoms with Crippen LogP contribution in [0.15, 0.2) is 35.2 Å². The van der Waals surface area contributed by atoms with Crippen molar-refractivity contribution in [3.05, 3.63) is 46.1 Å². The summed E-state index contributed by atoms with van der Waals surface area (Å²) in [5.41, 5.74) is 0.602. The molecule has 0 unspecified atom stereocenters. The molecule has 1 aromatic carbocycles. The van der Waals surface area contributed by atoms with E-state index in [-0.39, 0.29) is 10.6 Å². The van der Waals surface area contributed by atoms with Crippen molar-refractivity contribution in [1.82, 2.24) is 9.78 Å². The summed E-state index contributed by atoms with van der Waals surface area (Å²) in [6.45, 7) is 2.51. The van der Waals surface area contributed by atoms with Gasteiger partial charge in [-0.3, -0.25) is 10.1 Å². The van der Waals surface area contributed by atoms with E-state index in [2.05, 4.69) is 10.4 Å². The first-order chi connectivity index (χ1) is 10.1. The van der Waals surface area contributed by atoms with Crippen LogP contribution in [0.1, 0.15) is 12.6 Å². The smallest absolute Gasteiger partial charge is 0.333 e. The Morgan fingerprint density at radius 2 is 2.10 bits per heavy atom. The van der Waals surface area contributed by atoms with E-state index in [1.807, 2.05) is 37.3 Å². The van der Waals surface area contributed by atoms with Gasteiger partial charge in [0.2, 0.25) is 5.82 Å². The van der Waals surface area contributed by atoms with Crippen LogP contribution in [0.3, 0.4) is 0 Å². The summed E-state index contributed by atoms with van der Waals surface area (Å²) in [6.07, 6.45) is 0.546. The molecule has 0 amide bonds. The van der Waals surface area contributed by atoms with Crippen LogP contribution in [-0.4, -0.2) is 27.0 Å². The van der Waals surface area contributed by atoms with E-state index in [0.29, 0.717) is 24.5 Å². The van der Waals surface area contributed by atoms with E-state index in [0.717, 1.165) is 5.75 Å². The predicted octanol–water partition coefficient (Wildman–Crippen LogP) is 3.09. The minimum absolute atomic E-state index is 0.0877. The Hall–Kier alpha value is -2.02. The van der Waals surface area contributed by atoms with Gasteiger partial charge in [-0.1, -0.05) is 25.1 Å². The zero-order valence-corrected chi connectivity index (χ0v) is 12.9. The van der Waals surface area contributed by atoms with Gasteiger partial charge in [-0.05, 0) is 18.6 Å². The number of thioether (sulfide) groups is 1. The highest BCUT2D eigenvalue weighted by molar-refractivity contribution is 7.99. The fourth-order valence-corrected chi connectivity index (χ4v) is 2.84. The molecule has 0 saturated carbocycles. The van der Waals surface area contributed by atoms with Crippen molar-refractivity contribution in [3.63, 3.8) is 0 Å². The van der Waals surface area contributed by atoms with E-state index in [9.17, 15) is 10.1 Å². The minimum atomic E-state index is -0.363. The zero-order chi connectivity index (χ0) is 15.2. The van der Waals surface area contributed by atoms with Crippen molar-refractivity contribution in [1.29, 1.82) is 0 Å². The molecule has 1 N–H and O–H groups in total. The third kappa shape index (κ3) is 3.75. The van der Waals surface area contributed by atoms with Crippen molar-refractivity contribution >= 4 is 23.3 Å². The molecular formula is C14H18N4O2S. The maximum absolute atomic E-state index is 11.2. The third-order valence-corrected chi connectivity index (χ3v) is 4.03. The summed E-state index contributed by atoms with van der Waals surface area (Å²) in [6, 6.07) is 10.1. The monoisotopic (exact) mass is 306 g/mol. The van der Waals surface area contributed by atoms with Gasteiger partial charge in [-0.25, -0.2) is 4.68 Å². The fraction of sp³-hybridized carbons (Fsp3) is 0.357. The molecule has 0 saturated heterocycles. The lowest BCUT2D eigenvalue weighted by atomic mass is 10.3. The van der Waals surface area contributed by atoms with Crippen molar-refractivity contribution in [2.45, 2.75) is 18.2 Å². The molecule has 0 atom stereocenters. The Kier molecular flexibility index (Phi) is 5.21. The van der Waals surface area contributed by atoms with Gasteiger partial charge in [0.15, 0.2) is 0 Å². The molecule has 6 nitrogen and oxygen atoms in total. The van der Waals surface area contributed by atoms with Gasteiger partial charge in [-0.2, -0.15) is 5.10 Å². The lowest BCUT2D eigenvalue weighted by Crippen LogP contribution is -2.09. The molecule has 2 rings (SSSR count). The number of anilines is 1. The van der Waals surface area contributed by atoms with Gasteiger partial charge in [-0.15, -0.1) is 11.8 Å². The number of aromatic nitrogens is 2. The Labute approximate surface area is 127 Å². The van der Waals surface area contributed by atoms with Gasteiger partial charge in [0.25, 0.3) is 0 Å². The predicted molar refractivity (Wildman–Crippen MR) is 84.9 cm³/mol. The largest absolute Gasteiger partial charge is 0.364 e. The molecule has 0 aliphatic carbocycles. The highest BCUT2D eigenvalue weighted by Gasteiger charge is 2.25. The first kappa shape index (κ1) is 15.4. The van der Waals surface area contributed by atoms with Crippen LogP contribution in [0, 0.1) is 10.1 Å². The molecule has 0 bridgehead atoms. The molecule has 2 aromatic rings. The maximum atomic E-state index is 11.2. The third-order valence-electron chi connectivity index (χ3n) is 3.02. The number of benzene rings is 1. The SMILES string of the molecule is CCc1nn(C)c(NCCSc2ccccc2)c1[N+](=O)[O-]. The zero-order valence-electron chi connectivity index (χ0n) is 12.1. The number of nitrogens with one attached hydrogen (secondary N) is 1. The van der Waals surface area contributed by atoms with Crippen LogP contribution in [0.4, 0.5) is 11.5 Å². The molecule has 7 heteroatoms. The van der Waals surface area contributed by atoms with Crippen LogP contribution in [0.2, 0.25) is 0 Å². The number of aryl methyl sites for hydroxylation is 2. The van der Waals surface area contributed by atoms with Gasteiger partial charge in [0, 0.05) is 24.2 Å². The summed E-state index contributed by atoms with van der Waals surface area (Å²) in [7, 11) is 1.72. The minimum Gasteiger partial charge on any atom is -0.364 e. The van der Waals surface area contributed by atoms with Crippen molar-refractivity contribution in [2.24, 2.45) is 7.05 Å². The van der Waals surface area contributed by atoms with Crippen molar-refractivity contribution < 1.29 is 4.92 Å².